The number of nitrogens with zero attached hydrogens (tertiary/aromatic N) is 1. The second-order valence-electron chi connectivity index (χ2n) is 6.04. The van der Waals surface area contributed by atoms with Gasteiger partial charge in [0.1, 0.15) is 0 Å². The van der Waals surface area contributed by atoms with Crippen LogP contribution in [0.3, 0.4) is 0 Å². The highest BCUT2D eigenvalue weighted by molar-refractivity contribution is 7.92. The van der Waals surface area contributed by atoms with Gasteiger partial charge in [0.25, 0.3) is 0 Å². The number of sulfone groups is 1. The van der Waals surface area contributed by atoms with Crippen molar-refractivity contribution in [2.75, 3.05) is 31.9 Å². The maximum atomic E-state index is 11.9. The van der Waals surface area contributed by atoms with Crippen LogP contribution < -0.4 is 5.32 Å². The Bertz CT molecular complexity index is 342. The molecule has 0 aromatic carbocycles. The van der Waals surface area contributed by atoms with Gasteiger partial charge in [-0.1, -0.05) is 6.92 Å². The standard InChI is InChI=1S/C13H28N2O2S/c1-5-15(12-6-7-12)10-8-14-9-11-18(16,17)13(2,3)4/h12,14H,5-11H2,1-4H3. The van der Waals surface area contributed by atoms with E-state index >= 15 is 0 Å². The largest absolute Gasteiger partial charge is 0.314 e. The highest BCUT2D eigenvalue weighted by atomic mass is 32.2. The van der Waals surface area contributed by atoms with Crippen LogP contribution in [-0.4, -0.2) is 56.0 Å². The first-order chi connectivity index (χ1) is 8.28. The molecule has 1 aliphatic rings. The Morgan fingerprint density at radius 3 is 2.28 bits per heavy atom. The molecule has 0 amide bonds. The van der Waals surface area contributed by atoms with Gasteiger partial charge in [-0.3, -0.25) is 4.90 Å². The fraction of sp³-hybridized carbons (Fsp3) is 1.00. The van der Waals surface area contributed by atoms with Gasteiger partial charge in [0, 0.05) is 25.7 Å². The van der Waals surface area contributed by atoms with Crippen molar-refractivity contribution in [2.24, 2.45) is 0 Å². The van der Waals surface area contributed by atoms with E-state index in [9.17, 15) is 8.42 Å². The van der Waals surface area contributed by atoms with E-state index < -0.39 is 14.6 Å². The summed E-state index contributed by atoms with van der Waals surface area (Å²) in [6.07, 6.45) is 2.65. The lowest BCUT2D eigenvalue weighted by Gasteiger charge is -2.21. The lowest BCUT2D eigenvalue weighted by atomic mass is 10.3. The average molecular weight is 276 g/mol. The highest BCUT2D eigenvalue weighted by Crippen LogP contribution is 2.25. The highest BCUT2D eigenvalue weighted by Gasteiger charge is 2.28. The zero-order valence-electron chi connectivity index (χ0n) is 12.2. The van der Waals surface area contributed by atoms with Crippen molar-refractivity contribution < 1.29 is 8.42 Å². The van der Waals surface area contributed by atoms with E-state index in [4.69, 9.17) is 0 Å². The number of likely N-dealkylation sites (N-methyl/N-ethyl adjacent to an activating group) is 1. The molecule has 0 bridgehead atoms. The Morgan fingerprint density at radius 1 is 1.22 bits per heavy atom. The van der Waals surface area contributed by atoms with Crippen LogP contribution in [-0.2, 0) is 9.84 Å². The van der Waals surface area contributed by atoms with Gasteiger partial charge in [0.05, 0.1) is 10.5 Å². The SMILES string of the molecule is CCN(CCNCCS(=O)(=O)C(C)(C)C)C1CC1. The zero-order chi connectivity index (χ0) is 13.8. The maximum absolute atomic E-state index is 11.9. The van der Waals surface area contributed by atoms with Crippen molar-refractivity contribution >= 4 is 9.84 Å². The smallest absolute Gasteiger partial charge is 0.156 e. The molecular weight excluding hydrogens is 248 g/mol. The molecule has 0 radical (unpaired) electrons. The van der Waals surface area contributed by atoms with Crippen molar-refractivity contribution in [3.63, 3.8) is 0 Å². The van der Waals surface area contributed by atoms with Gasteiger partial charge >= 0.3 is 0 Å². The number of hydrogen-bond acceptors (Lipinski definition) is 4. The normalized spacial score (nSPS) is 17.4. The molecule has 0 spiro atoms. The number of hydrogen-bond donors (Lipinski definition) is 1. The first kappa shape index (κ1) is 15.9. The fourth-order valence-corrected chi connectivity index (χ4v) is 2.92. The third-order valence-electron chi connectivity index (χ3n) is 3.53. The van der Waals surface area contributed by atoms with Crippen LogP contribution in [0.2, 0.25) is 0 Å². The molecular formula is C13H28N2O2S. The van der Waals surface area contributed by atoms with Crippen LogP contribution in [0, 0.1) is 0 Å². The van der Waals surface area contributed by atoms with Crippen molar-refractivity contribution in [3.8, 4) is 0 Å². The molecule has 0 aromatic heterocycles. The van der Waals surface area contributed by atoms with Crippen molar-refractivity contribution in [3.05, 3.63) is 0 Å². The zero-order valence-corrected chi connectivity index (χ0v) is 13.0. The van der Waals surface area contributed by atoms with Gasteiger partial charge in [0.15, 0.2) is 9.84 Å². The Hall–Kier alpha value is -0.130. The fourth-order valence-electron chi connectivity index (χ4n) is 1.90. The Kier molecular flexibility index (Phi) is 5.62. The molecule has 0 atom stereocenters. The van der Waals surface area contributed by atoms with E-state index in [-0.39, 0.29) is 5.75 Å². The summed E-state index contributed by atoms with van der Waals surface area (Å²) in [5, 5.41) is 3.24. The first-order valence-electron chi connectivity index (χ1n) is 6.95. The van der Waals surface area contributed by atoms with Gasteiger partial charge in [-0.2, -0.15) is 0 Å². The molecule has 5 heteroatoms. The monoisotopic (exact) mass is 276 g/mol. The molecule has 1 saturated carbocycles. The Morgan fingerprint density at radius 2 is 1.83 bits per heavy atom. The number of nitrogens with one attached hydrogen (secondary N) is 1. The van der Waals surface area contributed by atoms with E-state index in [0.29, 0.717) is 6.54 Å². The van der Waals surface area contributed by atoms with E-state index in [1.807, 2.05) is 0 Å². The lowest BCUT2D eigenvalue weighted by molar-refractivity contribution is 0.278. The molecule has 0 aromatic rings. The van der Waals surface area contributed by atoms with E-state index in [0.717, 1.165) is 25.7 Å². The molecule has 4 nitrogen and oxygen atoms in total. The Balaban J connectivity index is 2.15. The van der Waals surface area contributed by atoms with Gasteiger partial charge in [0.2, 0.25) is 0 Å². The molecule has 0 heterocycles. The third kappa shape index (κ3) is 4.86. The Labute approximate surface area is 112 Å². The second kappa shape index (κ2) is 6.35. The van der Waals surface area contributed by atoms with E-state index in [1.165, 1.54) is 12.8 Å². The van der Waals surface area contributed by atoms with Gasteiger partial charge in [-0.15, -0.1) is 0 Å². The summed E-state index contributed by atoms with van der Waals surface area (Å²) in [5.41, 5.74) is 0. The summed E-state index contributed by atoms with van der Waals surface area (Å²) < 4.78 is 23.1. The molecule has 0 aliphatic heterocycles. The molecule has 1 aliphatic carbocycles. The summed E-state index contributed by atoms with van der Waals surface area (Å²) in [7, 11) is -2.98. The van der Waals surface area contributed by atoms with Gasteiger partial charge < -0.3 is 5.32 Å². The number of rotatable bonds is 8. The van der Waals surface area contributed by atoms with E-state index in [2.05, 4.69) is 17.1 Å². The van der Waals surface area contributed by atoms with Crippen molar-refractivity contribution in [1.29, 1.82) is 0 Å². The molecule has 0 unspecified atom stereocenters. The maximum Gasteiger partial charge on any atom is 0.156 e. The average Bonchev–Trinajstić information content (AvgIpc) is 3.05. The molecule has 18 heavy (non-hydrogen) atoms. The molecule has 0 saturated heterocycles. The minimum Gasteiger partial charge on any atom is -0.314 e. The quantitative estimate of drug-likeness (QED) is 0.678. The van der Waals surface area contributed by atoms with Crippen LogP contribution in [0.5, 0.6) is 0 Å². The summed E-state index contributed by atoms with van der Waals surface area (Å²) >= 11 is 0. The van der Waals surface area contributed by atoms with Crippen molar-refractivity contribution in [1.82, 2.24) is 10.2 Å². The molecule has 108 valence electrons. The van der Waals surface area contributed by atoms with Crippen molar-refractivity contribution in [2.45, 2.75) is 51.3 Å². The van der Waals surface area contributed by atoms with E-state index in [1.54, 1.807) is 20.8 Å². The van der Waals surface area contributed by atoms with Gasteiger partial charge in [-0.05, 0) is 40.2 Å². The van der Waals surface area contributed by atoms with Crippen LogP contribution in [0.4, 0.5) is 0 Å². The molecule has 1 fully saturated rings. The lowest BCUT2D eigenvalue weighted by Crippen LogP contribution is -2.38. The van der Waals surface area contributed by atoms with Crippen LogP contribution >= 0.6 is 0 Å². The van der Waals surface area contributed by atoms with Crippen LogP contribution in [0.15, 0.2) is 0 Å². The molecule has 1 N–H and O–H groups in total. The summed E-state index contributed by atoms with van der Waals surface area (Å²) in [5.74, 6) is 0.228. The van der Waals surface area contributed by atoms with Gasteiger partial charge in [-0.25, -0.2) is 8.42 Å². The third-order valence-corrected chi connectivity index (χ3v) is 6.13. The summed E-state index contributed by atoms with van der Waals surface area (Å²) in [4.78, 5) is 2.46. The summed E-state index contributed by atoms with van der Waals surface area (Å²) in [6.45, 7) is 11.0. The summed E-state index contributed by atoms with van der Waals surface area (Å²) in [6, 6.07) is 0.787. The predicted octanol–water partition coefficient (Wildman–Crippen LogP) is 1.27. The minimum atomic E-state index is -2.98. The second-order valence-corrected chi connectivity index (χ2v) is 8.90. The minimum absolute atomic E-state index is 0.228. The van der Waals surface area contributed by atoms with Crippen LogP contribution in [0.25, 0.3) is 0 Å². The van der Waals surface area contributed by atoms with Crippen LogP contribution in [0.1, 0.15) is 40.5 Å². The topological polar surface area (TPSA) is 49.4 Å². The molecule has 1 rings (SSSR count). The first-order valence-corrected chi connectivity index (χ1v) is 8.60. The predicted molar refractivity (Wildman–Crippen MR) is 76.7 cm³/mol.